The topological polar surface area (TPSA) is 29.5 Å². The Hall–Kier alpha value is -0.350. The molecule has 0 saturated carbocycles. The SMILES string of the molecule is C=C(Br)CN1CCC[C@@H]1CC(=O)OC. The Labute approximate surface area is 93.2 Å². The molecule has 0 aromatic rings. The van der Waals surface area contributed by atoms with Crippen molar-refractivity contribution in [1.29, 1.82) is 0 Å². The van der Waals surface area contributed by atoms with E-state index in [-0.39, 0.29) is 5.97 Å². The standard InChI is InChI=1S/C10H16BrNO2/c1-8(11)7-12-5-3-4-9(12)6-10(13)14-2/h9H,1,3-7H2,2H3/t9-/m1/s1. The third kappa shape index (κ3) is 3.42. The Morgan fingerprint density at radius 3 is 3.00 bits per heavy atom. The van der Waals surface area contributed by atoms with E-state index in [0.29, 0.717) is 12.5 Å². The second kappa shape index (κ2) is 5.51. The molecule has 0 N–H and O–H groups in total. The summed E-state index contributed by atoms with van der Waals surface area (Å²) in [5, 5.41) is 0. The summed E-state index contributed by atoms with van der Waals surface area (Å²) in [4.78, 5) is 13.4. The summed E-state index contributed by atoms with van der Waals surface area (Å²) in [6.45, 7) is 5.68. The number of likely N-dealkylation sites (tertiary alicyclic amines) is 1. The predicted molar refractivity (Wildman–Crippen MR) is 59.3 cm³/mol. The number of rotatable bonds is 4. The van der Waals surface area contributed by atoms with E-state index in [4.69, 9.17) is 0 Å². The molecule has 80 valence electrons. The number of carbonyl (C=O) groups excluding carboxylic acids is 1. The molecular weight excluding hydrogens is 246 g/mol. The number of halogens is 1. The molecule has 1 heterocycles. The lowest BCUT2D eigenvalue weighted by Crippen LogP contribution is -2.32. The molecule has 1 atom stereocenters. The molecule has 0 spiro atoms. The number of carbonyl (C=O) groups is 1. The van der Waals surface area contributed by atoms with Gasteiger partial charge in [0.2, 0.25) is 0 Å². The smallest absolute Gasteiger partial charge is 0.307 e. The molecule has 0 aromatic heterocycles. The fourth-order valence-corrected chi connectivity index (χ4v) is 2.15. The van der Waals surface area contributed by atoms with Crippen molar-refractivity contribution in [2.45, 2.75) is 25.3 Å². The lowest BCUT2D eigenvalue weighted by Gasteiger charge is -2.22. The highest BCUT2D eigenvalue weighted by atomic mass is 79.9. The first kappa shape index (κ1) is 11.7. The lowest BCUT2D eigenvalue weighted by molar-refractivity contribution is -0.141. The van der Waals surface area contributed by atoms with Gasteiger partial charge in [-0.1, -0.05) is 22.5 Å². The van der Waals surface area contributed by atoms with Crippen molar-refractivity contribution >= 4 is 21.9 Å². The number of nitrogens with zero attached hydrogens (tertiary/aromatic N) is 1. The first-order chi connectivity index (χ1) is 6.63. The van der Waals surface area contributed by atoms with Crippen LogP contribution in [0.25, 0.3) is 0 Å². The highest BCUT2D eigenvalue weighted by Crippen LogP contribution is 2.22. The number of methoxy groups -OCH3 is 1. The third-order valence-electron chi connectivity index (χ3n) is 2.50. The molecule has 0 aromatic carbocycles. The minimum Gasteiger partial charge on any atom is -0.469 e. The van der Waals surface area contributed by atoms with Crippen molar-refractivity contribution < 1.29 is 9.53 Å². The van der Waals surface area contributed by atoms with Crippen LogP contribution < -0.4 is 0 Å². The molecule has 1 rings (SSSR count). The van der Waals surface area contributed by atoms with Crippen LogP contribution in [0.3, 0.4) is 0 Å². The minimum absolute atomic E-state index is 0.123. The predicted octanol–water partition coefficient (Wildman–Crippen LogP) is 1.92. The second-order valence-corrected chi connectivity index (χ2v) is 4.69. The van der Waals surface area contributed by atoms with E-state index >= 15 is 0 Å². The maximum absolute atomic E-state index is 11.1. The first-order valence-electron chi connectivity index (χ1n) is 4.77. The highest BCUT2D eigenvalue weighted by Gasteiger charge is 2.26. The minimum atomic E-state index is -0.123. The van der Waals surface area contributed by atoms with Crippen LogP contribution in [0.5, 0.6) is 0 Å². The first-order valence-corrected chi connectivity index (χ1v) is 5.57. The molecule has 0 unspecified atom stereocenters. The normalized spacial score (nSPS) is 22.3. The Balaban J connectivity index is 2.42. The van der Waals surface area contributed by atoms with Crippen LogP contribution in [-0.4, -0.2) is 37.1 Å². The maximum Gasteiger partial charge on any atom is 0.307 e. The van der Waals surface area contributed by atoms with Crippen molar-refractivity contribution in [3.8, 4) is 0 Å². The van der Waals surface area contributed by atoms with Gasteiger partial charge in [0, 0.05) is 17.1 Å². The summed E-state index contributed by atoms with van der Waals surface area (Å²) in [6.07, 6.45) is 2.73. The van der Waals surface area contributed by atoms with Crippen LogP contribution in [0, 0.1) is 0 Å². The maximum atomic E-state index is 11.1. The fraction of sp³-hybridized carbons (Fsp3) is 0.700. The quantitative estimate of drug-likeness (QED) is 0.725. The van der Waals surface area contributed by atoms with E-state index in [1.165, 1.54) is 7.11 Å². The van der Waals surface area contributed by atoms with Crippen molar-refractivity contribution in [3.63, 3.8) is 0 Å². The zero-order valence-electron chi connectivity index (χ0n) is 8.46. The Bertz CT molecular complexity index is 230. The third-order valence-corrected chi connectivity index (χ3v) is 2.75. The fourth-order valence-electron chi connectivity index (χ4n) is 1.83. The van der Waals surface area contributed by atoms with Crippen molar-refractivity contribution in [1.82, 2.24) is 4.90 Å². The van der Waals surface area contributed by atoms with Crippen LogP contribution >= 0.6 is 15.9 Å². The highest BCUT2D eigenvalue weighted by molar-refractivity contribution is 9.11. The van der Waals surface area contributed by atoms with Gasteiger partial charge in [-0.25, -0.2) is 0 Å². The lowest BCUT2D eigenvalue weighted by atomic mass is 10.1. The molecule has 0 bridgehead atoms. The van der Waals surface area contributed by atoms with Gasteiger partial charge < -0.3 is 4.74 Å². The monoisotopic (exact) mass is 261 g/mol. The van der Waals surface area contributed by atoms with Crippen LogP contribution in [0.1, 0.15) is 19.3 Å². The zero-order chi connectivity index (χ0) is 10.6. The van der Waals surface area contributed by atoms with E-state index in [0.717, 1.165) is 30.4 Å². The van der Waals surface area contributed by atoms with Crippen LogP contribution in [0.4, 0.5) is 0 Å². The van der Waals surface area contributed by atoms with E-state index in [2.05, 4.69) is 32.1 Å². The number of ether oxygens (including phenoxy) is 1. The largest absolute Gasteiger partial charge is 0.469 e. The molecule has 1 aliphatic heterocycles. The van der Waals surface area contributed by atoms with Gasteiger partial charge in [0.15, 0.2) is 0 Å². The Morgan fingerprint density at radius 2 is 2.43 bits per heavy atom. The van der Waals surface area contributed by atoms with Crippen LogP contribution in [0.2, 0.25) is 0 Å². The summed E-state index contributed by atoms with van der Waals surface area (Å²) >= 11 is 3.34. The van der Waals surface area contributed by atoms with E-state index < -0.39 is 0 Å². The summed E-state index contributed by atoms with van der Waals surface area (Å²) in [7, 11) is 1.44. The van der Waals surface area contributed by atoms with E-state index in [1.807, 2.05) is 0 Å². The van der Waals surface area contributed by atoms with Gasteiger partial charge in [-0.3, -0.25) is 9.69 Å². The Morgan fingerprint density at radius 1 is 1.71 bits per heavy atom. The molecule has 0 radical (unpaired) electrons. The summed E-state index contributed by atoms with van der Waals surface area (Å²) in [5.41, 5.74) is 0. The summed E-state index contributed by atoms with van der Waals surface area (Å²) in [6, 6.07) is 0.330. The molecule has 1 fully saturated rings. The van der Waals surface area contributed by atoms with E-state index in [9.17, 15) is 4.79 Å². The number of hydrogen-bond donors (Lipinski definition) is 0. The number of hydrogen-bond acceptors (Lipinski definition) is 3. The molecule has 14 heavy (non-hydrogen) atoms. The van der Waals surface area contributed by atoms with Gasteiger partial charge in [-0.15, -0.1) is 0 Å². The Kier molecular flexibility index (Phi) is 4.62. The molecular formula is C10H16BrNO2. The zero-order valence-corrected chi connectivity index (χ0v) is 10.0. The molecule has 0 amide bonds. The van der Waals surface area contributed by atoms with Gasteiger partial charge in [-0.2, -0.15) is 0 Å². The van der Waals surface area contributed by atoms with Crippen LogP contribution in [0.15, 0.2) is 11.1 Å². The second-order valence-electron chi connectivity index (χ2n) is 3.56. The average molecular weight is 262 g/mol. The van der Waals surface area contributed by atoms with Crippen molar-refractivity contribution in [3.05, 3.63) is 11.1 Å². The molecule has 0 aliphatic carbocycles. The molecule has 4 heteroatoms. The molecule has 1 saturated heterocycles. The van der Waals surface area contributed by atoms with Crippen LogP contribution in [-0.2, 0) is 9.53 Å². The summed E-state index contributed by atoms with van der Waals surface area (Å²) in [5.74, 6) is -0.123. The van der Waals surface area contributed by atoms with Gasteiger partial charge in [0.25, 0.3) is 0 Å². The molecule has 3 nitrogen and oxygen atoms in total. The van der Waals surface area contributed by atoms with Gasteiger partial charge in [0.1, 0.15) is 0 Å². The average Bonchev–Trinajstić information content (AvgIpc) is 2.52. The van der Waals surface area contributed by atoms with E-state index in [1.54, 1.807) is 0 Å². The van der Waals surface area contributed by atoms with Gasteiger partial charge in [0.05, 0.1) is 13.5 Å². The van der Waals surface area contributed by atoms with Gasteiger partial charge >= 0.3 is 5.97 Å². The number of esters is 1. The van der Waals surface area contributed by atoms with Gasteiger partial charge in [-0.05, 0) is 19.4 Å². The summed E-state index contributed by atoms with van der Waals surface area (Å²) < 4.78 is 5.63. The van der Waals surface area contributed by atoms with Crippen molar-refractivity contribution in [2.75, 3.05) is 20.2 Å². The molecule has 1 aliphatic rings. The van der Waals surface area contributed by atoms with Crippen molar-refractivity contribution in [2.24, 2.45) is 0 Å².